The molecule has 0 bridgehead atoms. The van der Waals surface area contributed by atoms with E-state index in [1.807, 2.05) is 31.4 Å². The fourth-order valence-electron chi connectivity index (χ4n) is 5.05. The van der Waals surface area contributed by atoms with Crippen LogP contribution in [0.2, 0.25) is 0 Å². The number of methoxy groups -OCH3 is 1. The van der Waals surface area contributed by atoms with Crippen LogP contribution in [0.15, 0.2) is 67.0 Å². The molecule has 33 heavy (non-hydrogen) atoms. The van der Waals surface area contributed by atoms with Crippen molar-refractivity contribution in [3.63, 3.8) is 0 Å². The molecular formula is C28H30FN3O. The van der Waals surface area contributed by atoms with Crippen LogP contribution in [-0.4, -0.2) is 34.7 Å². The van der Waals surface area contributed by atoms with Gasteiger partial charge in [-0.15, -0.1) is 0 Å². The van der Waals surface area contributed by atoms with Crippen molar-refractivity contribution in [1.82, 2.24) is 14.5 Å². The second-order valence-corrected chi connectivity index (χ2v) is 9.12. The lowest BCUT2D eigenvalue weighted by atomic mass is 9.93. The number of aryl methyl sites for hydroxylation is 1. The maximum atomic E-state index is 13.9. The first-order valence-electron chi connectivity index (χ1n) is 11.6. The zero-order valence-corrected chi connectivity index (χ0v) is 19.3. The maximum absolute atomic E-state index is 13.9. The summed E-state index contributed by atoms with van der Waals surface area (Å²) in [6, 6.07) is 17.6. The molecule has 0 unspecified atom stereocenters. The van der Waals surface area contributed by atoms with E-state index in [-0.39, 0.29) is 5.82 Å². The minimum absolute atomic E-state index is 0.176. The Balaban J connectivity index is 1.27. The number of aromatic nitrogens is 2. The molecule has 4 aromatic rings. The Labute approximate surface area is 194 Å². The molecule has 0 saturated carbocycles. The summed E-state index contributed by atoms with van der Waals surface area (Å²) >= 11 is 0. The molecule has 0 amide bonds. The van der Waals surface area contributed by atoms with Crippen molar-refractivity contribution < 1.29 is 9.13 Å². The second-order valence-electron chi connectivity index (χ2n) is 9.12. The fraction of sp³-hybridized carbons (Fsp3) is 0.321. The van der Waals surface area contributed by atoms with Crippen LogP contribution in [0, 0.1) is 5.82 Å². The van der Waals surface area contributed by atoms with E-state index in [1.165, 1.54) is 22.8 Å². The molecule has 2 aromatic heterocycles. The Bertz CT molecular complexity index is 1250. The van der Waals surface area contributed by atoms with Crippen LogP contribution in [0.3, 0.4) is 0 Å². The summed E-state index contributed by atoms with van der Waals surface area (Å²) in [6.45, 7) is 2.88. The first kappa shape index (κ1) is 21.7. The van der Waals surface area contributed by atoms with Gasteiger partial charge in [0, 0.05) is 55.0 Å². The highest BCUT2D eigenvalue weighted by Gasteiger charge is 2.23. The lowest BCUT2D eigenvalue weighted by Crippen LogP contribution is -2.34. The Morgan fingerprint density at radius 2 is 2.00 bits per heavy atom. The molecule has 0 spiro atoms. The lowest BCUT2D eigenvalue weighted by Gasteiger charge is -2.32. The van der Waals surface area contributed by atoms with Crippen molar-refractivity contribution in [2.75, 3.05) is 20.2 Å². The summed E-state index contributed by atoms with van der Waals surface area (Å²) in [5.41, 5.74) is 5.86. The number of likely N-dealkylation sites (tertiary alicyclic amines) is 1. The number of fused-ring (bicyclic) bond motifs is 1. The number of ether oxygens (including phenoxy) is 1. The number of halogens is 1. The van der Waals surface area contributed by atoms with E-state index in [2.05, 4.69) is 39.9 Å². The molecule has 0 radical (unpaired) electrons. The van der Waals surface area contributed by atoms with Crippen molar-refractivity contribution >= 4 is 10.9 Å². The molecule has 0 N–H and O–H groups in total. The van der Waals surface area contributed by atoms with E-state index in [0.29, 0.717) is 5.92 Å². The number of hydrogen-bond acceptors (Lipinski definition) is 3. The molecule has 1 aliphatic rings. The Morgan fingerprint density at radius 1 is 1.09 bits per heavy atom. The van der Waals surface area contributed by atoms with Gasteiger partial charge in [0.05, 0.1) is 7.11 Å². The smallest absolute Gasteiger partial charge is 0.123 e. The molecule has 4 nitrogen and oxygen atoms in total. The summed E-state index contributed by atoms with van der Waals surface area (Å²) in [5.74, 6) is 1.13. The Kier molecular flexibility index (Phi) is 6.14. The third-order valence-corrected chi connectivity index (χ3v) is 6.74. The SMILES string of the molecule is COc1cccc(Cc2ccc([C@H]3CCCN(Cc4cn(C)c5ccc(F)cc45)C3)nc2)c1. The minimum atomic E-state index is -0.176. The van der Waals surface area contributed by atoms with Gasteiger partial charge in [0.15, 0.2) is 0 Å². The van der Waals surface area contributed by atoms with Gasteiger partial charge in [-0.25, -0.2) is 4.39 Å². The largest absolute Gasteiger partial charge is 0.497 e. The van der Waals surface area contributed by atoms with Gasteiger partial charge in [-0.2, -0.15) is 0 Å². The molecule has 1 aliphatic heterocycles. The standard InChI is InChI=1S/C28H30FN3O/c1-31-17-23(26-15-24(29)9-11-28(26)31)19-32-12-4-6-22(18-32)27-10-8-21(16-30-27)13-20-5-3-7-25(14-20)33-2/h3,5,7-11,14-17,22H,4,6,12-13,18-19H2,1-2H3/t22-/m0/s1. The molecular weight excluding hydrogens is 413 g/mol. The third-order valence-electron chi connectivity index (χ3n) is 6.74. The highest BCUT2D eigenvalue weighted by Crippen LogP contribution is 2.29. The number of nitrogens with zero attached hydrogens (tertiary/aromatic N) is 3. The Hall–Kier alpha value is -3.18. The number of pyridine rings is 1. The predicted molar refractivity (Wildman–Crippen MR) is 130 cm³/mol. The number of benzene rings is 2. The minimum Gasteiger partial charge on any atom is -0.497 e. The molecule has 1 saturated heterocycles. The average Bonchev–Trinajstić information content (AvgIpc) is 3.14. The van der Waals surface area contributed by atoms with Crippen LogP contribution in [0.1, 0.15) is 41.1 Å². The van der Waals surface area contributed by atoms with E-state index >= 15 is 0 Å². The monoisotopic (exact) mass is 443 g/mol. The first-order chi connectivity index (χ1) is 16.1. The molecule has 1 fully saturated rings. The molecule has 5 rings (SSSR count). The first-order valence-corrected chi connectivity index (χ1v) is 11.6. The van der Waals surface area contributed by atoms with Crippen LogP contribution < -0.4 is 4.74 Å². The second kappa shape index (κ2) is 9.36. The van der Waals surface area contributed by atoms with Crippen molar-refractivity contribution in [3.05, 3.63) is 95.2 Å². The van der Waals surface area contributed by atoms with Crippen molar-refractivity contribution in [1.29, 1.82) is 0 Å². The van der Waals surface area contributed by atoms with Gasteiger partial charge in [-0.05, 0) is 78.9 Å². The summed E-state index contributed by atoms with van der Waals surface area (Å²) in [5, 5.41) is 1.01. The fourth-order valence-corrected chi connectivity index (χ4v) is 5.05. The topological polar surface area (TPSA) is 30.3 Å². The van der Waals surface area contributed by atoms with Gasteiger partial charge in [-0.3, -0.25) is 9.88 Å². The van der Waals surface area contributed by atoms with Gasteiger partial charge in [0.25, 0.3) is 0 Å². The van der Waals surface area contributed by atoms with E-state index in [0.717, 1.165) is 61.2 Å². The van der Waals surface area contributed by atoms with Crippen molar-refractivity contribution in [2.24, 2.45) is 7.05 Å². The summed E-state index contributed by atoms with van der Waals surface area (Å²) in [7, 11) is 3.72. The quantitative estimate of drug-likeness (QED) is 0.383. The van der Waals surface area contributed by atoms with E-state index in [1.54, 1.807) is 13.2 Å². The van der Waals surface area contributed by atoms with Gasteiger partial charge in [-0.1, -0.05) is 18.2 Å². The summed E-state index contributed by atoms with van der Waals surface area (Å²) in [6.07, 6.45) is 7.30. The molecule has 2 aromatic carbocycles. The molecule has 5 heteroatoms. The predicted octanol–water partition coefficient (Wildman–Crippen LogP) is 5.69. The average molecular weight is 444 g/mol. The zero-order valence-electron chi connectivity index (χ0n) is 19.3. The molecule has 1 atom stereocenters. The van der Waals surface area contributed by atoms with E-state index < -0.39 is 0 Å². The molecule has 170 valence electrons. The van der Waals surface area contributed by atoms with Crippen LogP contribution in [0.4, 0.5) is 4.39 Å². The molecule has 0 aliphatic carbocycles. The van der Waals surface area contributed by atoms with Gasteiger partial charge in [0.2, 0.25) is 0 Å². The Morgan fingerprint density at radius 3 is 2.82 bits per heavy atom. The number of hydrogen-bond donors (Lipinski definition) is 0. The van der Waals surface area contributed by atoms with Gasteiger partial charge >= 0.3 is 0 Å². The van der Waals surface area contributed by atoms with Crippen LogP contribution in [0.5, 0.6) is 5.75 Å². The molecule has 3 heterocycles. The summed E-state index contributed by atoms with van der Waals surface area (Å²) < 4.78 is 21.3. The normalized spacial score (nSPS) is 16.9. The maximum Gasteiger partial charge on any atom is 0.123 e. The van der Waals surface area contributed by atoms with E-state index in [9.17, 15) is 4.39 Å². The summed E-state index contributed by atoms with van der Waals surface area (Å²) in [4.78, 5) is 7.32. The third kappa shape index (κ3) is 4.79. The zero-order chi connectivity index (χ0) is 22.8. The number of piperidine rings is 1. The van der Waals surface area contributed by atoms with Crippen LogP contribution in [-0.2, 0) is 20.0 Å². The van der Waals surface area contributed by atoms with Gasteiger partial charge in [0.1, 0.15) is 11.6 Å². The van der Waals surface area contributed by atoms with Crippen LogP contribution in [0.25, 0.3) is 10.9 Å². The lowest BCUT2D eigenvalue weighted by molar-refractivity contribution is 0.199. The highest BCUT2D eigenvalue weighted by molar-refractivity contribution is 5.84. The van der Waals surface area contributed by atoms with Gasteiger partial charge < -0.3 is 9.30 Å². The number of rotatable bonds is 6. The van der Waals surface area contributed by atoms with Crippen LogP contribution >= 0.6 is 0 Å². The highest BCUT2D eigenvalue weighted by atomic mass is 19.1. The van der Waals surface area contributed by atoms with Crippen molar-refractivity contribution in [2.45, 2.75) is 31.7 Å². The van der Waals surface area contributed by atoms with E-state index in [4.69, 9.17) is 9.72 Å². The van der Waals surface area contributed by atoms with Crippen molar-refractivity contribution in [3.8, 4) is 5.75 Å².